The number of hydrogen-bond acceptors (Lipinski definition) is 5. The number of aromatic nitrogens is 4. The van der Waals surface area contributed by atoms with Crippen molar-refractivity contribution in [2.24, 2.45) is 12.0 Å². The van der Waals surface area contributed by atoms with E-state index in [0.29, 0.717) is 31.5 Å². The zero-order valence-corrected chi connectivity index (χ0v) is 17.7. The summed E-state index contributed by atoms with van der Waals surface area (Å²) in [5.74, 6) is 3.85. The van der Waals surface area contributed by atoms with E-state index in [1.807, 2.05) is 36.7 Å². The number of guanidine groups is 1. The van der Waals surface area contributed by atoms with E-state index < -0.39 is 0 Å². The zero-order valence-electron chi connectivity index (χ0n) is 17.7. The van der Waals surface area contributed by atoms with E-state index in [1.54, 1.807) is 6.20 Å². The van der Waals surface area contributed by atoms with E-state index in [-0.39, 0.29) is 5.41 Å². The highest BCUT2D eigenvalue weighted by Gasteiger charge is 2.19. The van der Waals surface area contributed by atoms with Crippen molar-refractivity contribution in [3.8, 4) is 0 Å². The molecule has 8 nitrogen and oxygen atoms in total. The molecule has 154 valence electrons. The van der Waals surface area contributed by atoms with Gasteiger partial charge in [0, 0.05) is 12.5 Å². The summed E-state index contributed by atoms with van der Waals surface area (Å²) < 4.78 is 7.81. The van der Waals surface area contributed by atoms with Crippen molar-refractivity contribution in [3.05, 3.63) is 65.4 Å². The third kappa shape index (κ3) is 5.66. The molecule has 2 N–H and O–H groups in total. The molecule has 0 aliphatic heterocycles. The highest BCUT2D eigenvalue weighted by atomic mass is 16.4. The quantitative estimate of drug-likeness (QED) is 0.492. The maximum absolute atomic E-state index is 5.86. The lowest BCUT2D eigenvalue weighted by atomic mass is 9.94. The number of nitrogens with one attached hydrogen (secondary N) is 2. The Bertz CT molecular complexity index is 951. The van der Waals surface area contributed by atoms with Gasteiger partial charge in [-0.1, -0.05) is 51.1 Å². The first-order chi connectivity index (χ1) is 13.8. The van der Waals surface area contributed by atoms with E-state index in [2.05, 4.69) is 63.7 Å². The molecule has 0 aliphatic rings. The zero-order chi connectivity index (χ0) is 20.9. The monoisotopic (exact) mass is 395 g/mol. The molecule has 3 aromatic rings. The van der Waals surface area contributed by atoms with Gasteiger partial charge in [0.05, 0.1) is 25.8 Å². The van der Waals surface area contributed by atoms with Gasteiger partial charge >= 0.3 is 0 Å². The molecule has 0 atom stereocenters. The molecule has 0 fully saturated rings. The average molecular weight is 396 g/mol. The second-order valence-corrected chi connectivity index (χ2v) is 7.95. The summed E-state index contributed by atoms with van der Waals surface area (Å²) in [4.78, 5) is 9.05. The van der Waals surface area contributed by atoms with Gasteiger partial charge in [-0.15, -0.1) is 10.2 Å². The molecular formula is C21H29N7O. The van der Waals surface area contributed by atoms with Gasteiger partial charge in [0.15, 0.2) is 11.8 Å². The Hall–Kier alpha value is -3.16. The predicted octanol–water partition coefficient (Wildman–Crippen LogP) is 2.84. The second-order valence-electron chi connectivity index (χ2n) is 7.95. The standard InChI is InChI=1S/C21H29N7O/c1-15-26-27-18(28(15)5)13-24-20(23-11-16-9-7-6-8-10-16)25-14-19-22-12-17(29-19)21(2,3)4/h6-10,12H,11,13-14H2,1-5H3,(H2,23,24,25). The van der Waals surface area contributed by atoms with Crippen molar-refractivity contribution >= 4 is 5.96 Å². The van der Waals surface area contributed by atoms with Crippen LogP contribution < -0.4 is 10.6 Å². The van der Waals surface area contributed by atoms with Crippen molar-refractivity contribution in [2.75, 3.05) is 0 Å². The molecule has 29 heavy (non-hydrogen) atoms. The van der Waals surface area contributed by atoms with Crippen LogP contribution in [-0.4, -0.2) is 25.7 Å². The van der Waals surface area contributed by atoms with Gasteiger partial charge in [0.2, 0.25) is 5.89 Å². The molecule has 0 radical (unpaired) electrons. The highest BCUT2D eigenvalue weighted by molar-refractivity contribution is 5.79. The first-order valence-electron chi connectivity index (χ1n) is 9.69. The maximum atomic E-state index is 5.86. The van der Waals surface area contributed by atoms with E-state index in [4.69, 9.17) is 4.42 Å². The normalized spacial score (nSPS) is 12.2. The van der Waals surface area contributed by atoms with Crippen LogP contribution in [0.15, 0.2) is 45.9 Å². The minimum atomic E-state index is -0.0726. The van der Waals surface area contributed by atoms with Crippen LogP contribution in [-0.2, 0) is 32.1 Å². The molecule has 2 aromatic heterocycles. The molecule has 0 amide bonds. The summed E-state index contributed by atoms with van der Waals surface area (Å²) in [6.07, 6.45) is 1.79. The number of rotatable bonds is 6. The summed E-state index contributed by atoms with van der Waals surface area (Å²) in [5.41, 5.74) is 1.06. The fourth-order valence-corrected chi connectivity index (χ4v) is 2.59. The Labute approximate surface area is 171 Å². The molecule has 0 unspecified atom stereocenters. The van der Waals surface area contributed by atoms with Crippen LogP contribution in [0.2, 0.25) is 0 Å². The summed E-state index contributed by atoms with van der Waals surface area (Å²) in [6, 6.07) is 10.1. The van der Waals surface area contributed by atoms with Crippen LogP contribution in [0.4, 0.5) is 0 Å². The maximum Gasteiger partial charge on any atom is 0.213 e. The van der Waals surface area contributed by atoms with E-state index in [9.17, 15) is 0 Å². The topological polar surface area (TPSA) is 93.2 Å². The molecule has 0 saturated heterocycles. The Kier molecular flexibility index (Phi) is 6.31. The van der Waals surface area contributed by atoms with Crippen molar-refractivity contribution in [2.45, 2.75) is 52.7 Å². The Morgan fingerprint density at radius 3 is 2.45 bits per heavy atom. The number of aryl methyl sites for hydroxylation is 1. The highest BCUT2D eigenvalue weighted by Crippen LogP contribution is 2.22. The summed E-state index contributed by atoms with van der Waals surface area (Å²) in [5, 5.41) is 14.9. The average Bonchev–Trinajstić information content (AvgIpc) is 3.30. The number of hydrogen-bond donors (Lipinski definition) is 2. The van der Waals surface area contributed by atoms with Crippen LogP contribution in [0.25, 0.3) is 0 Å². The van der Waals surface area contributed by atoms with Crippen LogP contribution in [0.1, 0.15) is 49.6 Å². The van der Waals surface area contributed by atoms with Gasteiger partial charge < -0.3 is 19.6 Å². The van der Waals surface area contributed by atoms with Crippen molar-refractivity contribution in [1.29, 1.82) is 0 Å². The largest absolute Gasteiger partial charge is 0.443 e. The van der Waals surface area contributed by atoms with Crippen molar-refractivity contribution in [1.82, 2.24) is 30.4 Å². The molecule has 1 aromatic carbocycles. The lowest BCUT2D eigenvalue weighted by molar-refractivity contribution is 0.379. The van der Waals surface area contributed by atoms with Crippen LogP contribution in [0, 0.1) is 6.92 Å². The molecular weight excluding hydrogens is 366 g/mol. The first kappa shape index (κ1) is 20.6. The first-order valence-corrected chi connectivity index (χ1v) is 9.69. The molecule has 0 aliphatic carbocycles. The van der Waals surface area contributed by atoms with Crippen LogP contribution in [0.5, 0.6) is 0 Å². The molecule has 0 spiro atoms. The van der Waals surface area contributed by atoms with Gasteiger partial charge in [0.1, 0.15) is 11.6 Å². The number of nitrogens with zero attached hydrogens (tertiary/aromatic N) is 5. The van der Waals surface area contributed by atoms with E-state index in [0.717, 1.165) is 23.0 Å². The molecule has 0 saturated carbocycles. The lowest BCUT2D eigenvalue weighted by Crippen LogP contribution is -2.37. The number of aliphatic imine (C=N–C) groups is 1. The molecule has 8 heteroatoms. The summed E-state index contributed by atoms with van der Waals surface area (Å²) >= 11 is 0. The van der Waals surface area contributed by atoms with Gasteiger partial charge in [-0.3, -0.25) is 0 Å². The van der Waals surface area contributed by atoms with E-state index >= 15 is 0 Å². The van der Waals surface area contributed by atoms with Gasteiger partial charge in [0.25, 0.3) is 0 Å². The third-order valence-electron chi connectivity index (χ3n) is 4.56. The lowest BCUT2D eigenvalue weighted by Gasteiger charge is -2.13. The SMILES string of the molecule is Cc1nnc(CNC(=NCc2ccccc2)NCc2ncc(C(C)(C)C)o2)n1C. The fraction of sp³-hybridized carbons (Fsp3) is 0.429. The fourth-order valence-electron chi connectivity index (χ4n) is 2.59. The Balaban J connectivity index is 1.68. The summed E-state index contributed by atoms with van der Waals surface area (Å²) in [6.45, 7) is 9.73. The van der Waals surface area contributed by atoms with Crippen molar-refractivity contribution < 1.29 is 4.42 Å². The molecule has 0 bridgehead atoms. The summed E-state index contributed by atoms with van der Waals surface area (Å²) in [7, 11) is 1.95. The molecule has 3 rings (SSSR count). The number of benzene rings is 1. The minimum Gasteiger partial charge on any atom is -0.443 e. The minimum absolute atomic E-state index is 0.0726. The van der Waals surface area contributed by atoms with Crippen molar-refractivity contribution in [3.63, 3.8) is 0 Å². The predicted molar refractivity (Wildman–Crippen MR) is 112 cm³/mol. The van der Waals surface area contributed by atoms with Gasteiger partial charge in [-0.25, -0.2) is 9.98 Å². The smallest absolute Gasteiger partial charge is 0.213 e. The second kappa shape index (κ2) is 8.89. The molecule has 2 heterocycles. The van der Waals surface area contributed by atoms with Crippen LogP contribution >= 0.6 is 0 Å². The number of oxazole rings is 1. The van der Waals surface area contributed by atoms with Gasteiger partial charge in [-0.2, -0.15) is 0 Å². The van der Waals surface area contributed by atoms with E-state index in [1.165, 1.54) is 0 Å². The Morgan fingerprint density at radius 1 is 1.10 bits per heavy atom. The van der Waals surface area contributed by atoms with Crippen LogP contribution in [0.3, 0.4) is 0 Å². The van der Waals surface area contributed by atoms with Gasteiger partial charge in [-0.05, 0) is 12.5 Å². The third-order valence-corrected chi connectivity index (χ3v) is 4.56. The Morgan fingerprint density at radius 2 is 1.83 bits per heavy atom.